The Morgan fingerprint density at radius 1 is 1.25 bits per heavy atom. The lowest BCUT2D eigenvalue weighted by molar-refractivity contribution is 0.0685. The van der Waals surface area contributed by atoms with Crippen molar-refractivity contribution in [1.82, 2.24) is 0 Å². The van der Waals surface area contributed by atoms with Crippen LogP contribution in [0.1, 0.15) is 18.4 Å². The molecule has 0 aliphatic carbocycles. The van der Waals surface area contributed by atoms with Gasteiger partial charge in [0.15, 0.2) is 0 Å². The Morgan fingerprint density at radius 2 is 2.05 bits per heavy atom. The zero-order chi connectivity index (χ0) is 13.9. The minimum atomic E-state index is 0.0758. The van der Waals surface area contributed by atoms with E-state index in [-0.39, 0.29) is 11.9 Å². The van der Waals surface area contributed by atoms with E-state index in [9.17, 15) is 0 Å². The summed E-state index contributed by atoms with van der Waals surface area (Å²) in [5.41, 5.74) is 6.37. The topological polar surface area (TPSA) is 68.3 Å². The van der Waals surface area contributed by atoms with Gasteiger partial charge in [-0.05, 0) is 30.4 Å². The predicted octanol–water partition coefficient (Wildman–Crippen LogP) is 2.68. The number of nitrogen functional groups attached to an aromatic ring is 1. The highest BCUT2D eigenvalue weighted by Gasteiger charge is 2.17. The molecule has 1 heterocycles. The van der Waals surface area contributed by atoms with Gasteiger partial charge in [-0.15, -0.1) is 0 Å². The van der Waals surface area contributed by atoms with Crippen LogP contribution in [0.2, 0.25) is 0 Å². The number of benzene rings is 2. The van der Waals surface area contributed by atoms with Gasteiger partial charge >= 0.3 is 0 Å². The van der Waals surface area contributed by atoms with Gasteiger partial charge in [-0.3, -0.25) is 5.41 Å². The SMILES string of the molecule is N=C(N)c1ccc(OCC2CCCO2)c2ccccc12. The first-order chi connectivity index (χ1) is 9.75. The van der Waals surface area contributed by atoms with E-state index >= 15 is 0 Å². The van der Waals surface area contributed by atoms with Gasteiger partial charge in [-0.25, -0.2) is 0 Å². The molecular formula is C16H18N2O2. The largest absolute Gasteiger partial charge is 0.490 e. The summed E-state index contributed by atoms with van der Waals surface area (Å²) in [4.78, 5) is 0. The van der Waals surface area contributed by atoms with Crippen molar-refractivity contribution >= 4 is 16.6 Å². The van der Waals surface area contributed by atoms with Gasteiger partial charge in [0.25, 0.3) is 0 Å². The van der Waals surface area contributed by atoms with Crippen LogP contribution in [-0.4, -0.2) is 25.2 Å². The van der Waals surface area contributed by atoms with E-state index in [1.54, 1.807) is 0 Å². The van der Waals surface area contributed by atoms with Crippen molar-refractivity contribution in [3.05, 3.63) is 42.0 Å². The fourth-order valence-corrected chi connectivity index (χ4v) is 2.59. The third kappa shape index (κ3) is 2.47. The highest BCUT2D eigenvalue weighted by atomic mass is 16.5. The quantitative estimate of drug-likeness (QED) is 0.663. The summed E-state index contributed by atoms with van der Waals surface area (Å²) in [6, 6.07) is 11.6. The molecule has 4 heteroatoms. The molecule has 1 saturated heterocycles. The Balaban J connectivity index is 1.91. The lowest BCUT2D eigenvalue weighted by atomic mass is 10.0. The summed E-state index contributed by atoms with van der Waals surface area (Å²) in [6.45, 7) is 1.40. The van der Waals surface area contributed by atoms with Gasteiger partial charge in [-0.2, -0.15) is 0 Å². The second-order valence-electron chi connectivity index (χ2n) is 5.02. The molecule has 1 atom stereocenters. The van der Waals surface area contributed by atoms with Crippen LogP contribution in [-0.2, 0) is 4.74 Å². The van der Waals surface area contributed by atoms with Gasteiger partial charge < -0.3 is 15.2 Å². The Morgan fingerprint density at radius 3 is 2.75 bits per heavy atom. The van der Waals surface area contributed by atoms with Crippen LogP contribution in [0, 0.1) is 5.41 Å². The molecule has 3 N–H and O–H groups in total. The molecule has 20 heavy (non-hydrogen) atoms. The Labute approximate surface area is 118 Å². The summed E-state index contributed by atoms with van der Waals surface area (Å²) in [7, 11) is 0. The van der Waals surface area contributed by atoms with E-state index < -0.39 is 0 Å². The molecule has 0 spiro atoms. The van der Waals surface area contributed by atoms with Gasteiger partial charge in [0.2, 0.25) is 0 Å². The third-order valence-corrected chi connectivity index (χ3v) is 3.62. The number of rotatable bonds is 4. The average Bonchev–Trinajstić information content (AvgIpc) is 2.97. The summed E-state index contributed by atoms with van der Waals surface area (Å²) in [5, 5.41) is 9.58. The molecule has 4 nitrogen and oxygen atoms in total. The zero-order valence-corrected chi connectivity index (χ0v) is 11.3. The maximum atomic E-state index is 7.64. The Hall–Kier alpha value is -2.07. The minimum absolute atomic E-state index is 0.0758. The molecule has 0 radical (unpaired) electrons. The first-order valence-corrected chi connectivity index (χ1v) is 6.86. The van der Waals surface area contributed by atoms with Crippen LogP contribution in [0.4, 0.5) is 0 Å². The third-order valence-electron chi connectivity index (χ3n) is 3.62. The number of ether oxygens (including phenoxy) is 2. The predicted molar refractivity (Wildman–Crippen MR) is 79.4 cm³/mol. The first-order valence-electron chi connectivity index (χ1n) is 6.86. The van der Waals surface area contributed by atoms with Crippen molar-refractivity contribution in [2.24, 2.45) is 5.73 Å². The molecule has 0 amide bonds. The highest BCUT2D eigenvalue weighted by molar-refractivity contribution is 6.09. The zero-order valence-electron chi connectivity index (χ0n) is 11.3. The Bertz CT molecular complexity index is 633. The average molecular weight is 270 g/mol. The van der Waals surface area contributed by atoms with Crippen molar-refractivity contribution < 1.29 is 9.47 Å². The summed E-state index contributed by atoms with van der Waals surface area (Å²) < 4.78 is 11.5. The van der Waals surface area contributed by atoms with E-state index in [0.29, 0.717) is 6.61 Å². The molecule has 104 valence electrons. The fourth-order valence-electron chi connectivity index (χ4n) is 2.59. The summed E-state index contributed by atoms with van der Waals surface area (Å²) >= 11 is 0. The fraction of sp³-hybridized carbons (Fsp3) is 0.312. The van der Waals surface area contributed by atoms with Crippen LogP contribution in [0.15, 0.2) is 36.4 Å². The molecular weight excluding hydrogens is 252 g/mol. The second kappa shape index (κ2) is 5.51. The molecule has 1 aliphatic heterocycles. The number of nitrogens with two attached hydrogens (primary N) is 1. The number of nitrogens with one attached hydrogen (secondary N) is 1. The van der Waals surface area contributed by atoms with Crippen LogP contribution < -0.4 is 10.5 Å². The van der Waals surface area contributed by atoms with Crippen molar-refractivity contribution in [3.63, 3.8) is 0 Å². The molecule has 1 aliphatic rings. The molecule has 0 saturated carbocycles. The number of hydrogen-bond acceptors (Lipinski definition) is 3. The monoisotopic (exact) mass is 270 g/mol. The number of fused-ring (bicyclic) bond motifs is 1. The lowest BCUT2D eigenvalue weighted by Crippen LogP contribution is -2.17. The standard InChI is InChI=1S/C16H18N2O2/c17-16(18)14-7-8-15(13-6-2-1-5-12(13)14)20-10-11-4-3-9-19-11/h1-2,5-8,11H,3-4,9-10H2,(H3,17,18). The van der Waals surface area contributed by atoms with Crippen LogP contribution in [0.3, 0.4) is 0 Å². The van der Waals surface area contributed by atoms with Crippen LogP contribution in [0.25, 0.3) is 10.8 Å². The van der Waals surface area contributed by atoms with Gasteiger partial charge in [0.05, 0.1) is 6.10 Å². The van der Waals surface area contributed by atoms with E-state index in [1.807, 2.05) is 36.4 Å². The minimum Gasteiger partial charge on any atom is -0.490 e. The smallest absolute Gasteiger partial charge is 0.127 e. The van der Waals surface area contributed by atoms with E-state index in [1.165, 1.54) is 0 Å². The van der Waals surface area contributed by atoms with Crippen molar-refractivity contribution in [1.29, 1.82) is 5.41 Å². The summed E-state index contributed by atoms with van der Waals surface area (Å²) in [6.07, 6.45) is 2.36. The Kier molecular flexibility index (Phi) is 3.56. The van der Waals surface area contributed by atoms with Crippen LogP contribution in [0.5, 0.6) is 5.75 Å². The maximum Gasteiger partial charge on any atom is 0.127 e. The number of hydrogen-bond donors (Lipinski definition) is 2. The van der Waals surface area contributed by atoms with E-state index in [4.69, 9.17) is 20.6 Å². The maximum absolute atomic E-state index is 7.64. The van der Waals surface area contributed by atoms with Crippen LogP contribution >= 0.6 is 0 Å². The van der Waals surface area contributed by atoms with E-state index in [0.717, 1.165) is 41.5 Å². The molecule has 1 fully saturated rings. The lowest BCUT2D eigenvalue weighted by Gasteiger charge is -2.14. The van der Waals surface area contributed by atoms with Gasteiger partial charge in [0, 0.05) is 17.6 Å². The molecule has 0 aromatic heterocycles. The second-order valence-corrected chi connectivity index (χ2v) is 5.02. The van der Waals surface area contributed by atoms with E-state index in [2.05, 4.69) is 0 Å². The molecule has 3 rings (SSSR count). The van der Waals surface area contributed by atoms with Crippen molar-refractivity contribution in [3.8, 4) is 5.75 Å². The van der Waals surface area contributed by atoms with Gasteiger partial charge in [-0.1, -0.05) is 24.3 Å². The molecule has 2 aromatic rings. The first kappa shape index (κ1) is 12.9. The van der Waals surface area contributed by atoms with Crippen molar-refractivity contribution in [2.75, 3.05) is 13.2 Å². The van der Waals surface area contributed by atoms with Crippen molar-refractivity contribution in [2.45, 2.75) is 18.9 Å². The molecule has 1 unspecified atom stereocenters. The molecule has 2 aromatic carbocycles. The number of amidine groups is 1. The highest BCUT2D eigenvalue weighted by Crippen LogP contribution is 2.29. The van der Waals surface area contributed by atoms with Gasteiger partial charge in [0.1, 0.15) is 18.2 Å². The molecule has 0 bridgehead atoms. The summed E-state index contributed by atoms with van der Waals surface area (Å²) in [5.74, 6) is 0.896. The normalized spacial score (nSPS) is 18.3.